The topological polar surface area (TPSA) is 58.6 Å². The lowest BCUT2D eigenvalue weighted by molar-refractivity contribution is -0.122. The molecule has 0 radical (unpaired) electrons. The van der Waals surface area contributed by atoms with Crippen LogP contribution in [0.5, 0.6) is 0 Å². The fraction of sp³-hybridized carbons (Fsp3) is 0.714. The van der Waals surface area contributed by atoms with Crippen LogP contribution in [0.4, 0.5) is 4.79 Å². The summed E-state index contributed by atoms with van der Waals surface area (Å²) in [7, 11) is 0. The molecule has 0 aromatic heterocycles. The molecule has 5 heteroatoms. The number of carbonyl (C=O) groups is 2. The van der Waals surface area contributed by atoms with Gasteiger partial charge < -0.3 is 10.1 Å². The molecule has 0 saturated carbocycles. The Hall–Kier alpha value is -1.36. The standard InChI is InChI=1S/C14H24N2O3/c1-5-8-15-10-12(17)11-7-6-9-16(11)13(18)19-14(2,3)4/h5,11,15H,1,6-10H2,2-4H3/t11-/m0/s1. The van der Waals surface area contributed by atoms with E-state index in [0.29, 0.717) is 19.5 Å². The Balaban J connectivity index is 2.55. The van der Waals surface area contributed by atoms with Gasteiger partial charge in [-0.3, -0.25) is 9.69 Å². The summed E-state index contributed by atoms with van der Waals surface area (Å²) < 4.78 is 5.33. The zero-order chi connectivity index (χ0) is 14.5. The third-order valence-electron chi connectivity index (χ3n) is 2.84. The number of nitrogens with zero attached hydrogens (tertiary/aromatic N) is 1. The van der Waals surface area contributed by atoms with E-state index >= 15 is 0 Å². The number of amides is 1. The molecule has 1 aliphatic heterocycles. The van der Waals surface area contributed by atoms with E-state index < -0.39 is 11.7 Å². The Morgan fingerprint density at radius 3 is 2.74 bits per heavy atom. The van der Waals surface area contributed by atoms with Crippen molar-refractivity contribution >= 4 is 11.9 Å². The van der Waals surface area contributed by atoms with E-state index in [1.807, 2.05) is 20.8 Å². The average Bonchev–Trinajstić information content (AvgIpc) is 2.75. The lowest BCUT2D eigenvalue weighted by atomic mass is 10.1. The molecular formula is C14H24N2O3. The number of hydrogen-bond acceptors (Lipinski definition) is 4. The van der Waals surface area contributed by atoms with Crippen LogP contribution in [0.3, 0.4) is 0 Å². The van der Waals surface area contributed by atoms with E-state index in [1.54, 1.807) is 11.0 Å². The maximum absolute atomic E-state index is 12.1. The minimum Gasteiger partial charge on any atom is -0.444 e. The summed E-state index contributed by atoms with van der Waals surface area (Å²) in [5.74, 6) is 0.0326. The second-order valence-electron chi connectivity index (χ2n) is 5.72. The Bertz CT molecular complexity index is 347. The first-order valence-electron chi connectivity index (χ1n) is 6.69. The van der Waals surface area contributed by atoms with Crippen LogP contribution in [0.2, 0.25) is 0 Å². The van der Waals surface area contributed by atoms with Gasteiger partial charge in [0.2, 0.25) is 0 Å². The minimum atomic E-state index is -0.533. The smallest absolute Gasteiger partial charge is 0.410 e. The molecule has 1 rings (SSSR count). The molecule has 1 fully saturated rings. The number of nitrogens with one attached hydrogen (secondary N) is 1. The van der Waals surface area contributed by atoms with Crippen molar-refractivity contribution in [3.05, 3.63) is 12.7 Å². The number of Topliss-reactive ketones (excluding diaryl/α,β-unsaturated/α-hetero) is 1. The van der Waals surface area contributed by atoms with Gasteiger partial charge in [-0.05, 0) is 33.6 Å². The summed E-state index contributed by atoms with van der Waals surface area (Å²) in [6.07, 6.45) is 2.87. The largest absolute Gasteiger partial charge is 0.444 e. The van der Waals surface area contributed by atoms with Crippen molar-refractivity contribution in [1.82, 2.24) is 10.2 Å². The van der Waals surface area contributed by atoms with E-state index in [-0.39, 0.29) is 18.4 Å². The van der Waals surface area contributed by atoms with Gasteiger partial charge >= 0.3 is 6.09 Å². The van der Waals surface area contributed by atoms with E-state index in [9.17, 15) is 9.59 Å². The normalized spacial score (nSPS) is 19.3. The zero-order valence-electron chi connectivity index (χ0n) is 12.1. The maximum Gasteiger partial charge on any atom is 0.410 e. The monoisotopic (exact) mass is 268 g/mol. The van der Waals surface area contributed by atoms with Crippen molar-refractivity contribution in [3.8, 4) is 0 Å². The number of rotatable bonds is 5. The second kappa shape index (κ2) is 6.70. The lowest BCUT2D eigenvalue weighted by Crippen LogP contribution is -2.45. The molecule has 1 heterocycles. The van der Waals surface area contributed by atoms with Crippen LogP contribution in [0, 0.1) is 0 Å². The van der Waals surface area contributed by atoms with E-state index in [0.717, 1.165) is 6.42 Å². The van der Waals surface area contributed by atoms with Gasteiger partial charge in [0, 0.05) is 13.1 Å². The molecule has 1 atom stereocenters. The molecule has 0 aromatic rings. The number of hydrogen-bond donors (Lipinski definition) is 1. The van der Waals surface area contributed by atoms with Crippen molar-refractivity contribution in [2.45, 2.75) is 45.3 Å². The fourth-order valence-corrected chi connectivity index (χ4v) is 2.06. The van der Waals surface area contributed by atoms with Gasteiger partial charge in [0.15, 0.2) is 5.78 Å². The Labute approximate surface area is 115 Å². The van der Waals surface area contributed by atoms with Crippen LogP contribution in [-0.4, -0.2) is 48.1 Å². The zero-order valence-corrected chi connectivity index (χ0v) is 12.1. The molecule has 19 heavy (non-hydrogen) atoms. The highest BCUT2D eigenvalue weighted by Gasteiger charge is 2.35. The summed E-state index contributed by atoms with van der Waals surface area (Å²) in [5, 5.41) is 2.97. The van der Waals surface area contributed by atoms with Crippen molar-refractivity contribution in [1.29, 1.82) is 0 Å². The molecule has 1 amide bonds. The SMILES string of the molecule is C=CCNCC(=O)[C@@H]1CCCN1C(=O)OC(C)(C)C. The molecule has 0 aromatic carbocycles. The van der Waals surface area contributed by atoms with Crippen LogP contribution in [0.25, 0.3) is 0 Å². The van der Waals surface area contributed by atoms with Gasteiger partial charge in [0.05, 0.1) is 12.6 Å². The highest BCUT2D eigenvalue weighted by Crippen LogP contribution is 2.21. The third kappa shape index (κ3) is 5.03. The number of ketones is 1. The van der Waals surface area contributed by atoms with Gasteiger partial charge in [0.1, 0.15) is 5.60 Å². The molecule has 0 spiro atoms. The van der Waals surface area contributed by atoms with Gasteiger partial charge in [-0.25, -0.2) is 4.79 Å². The number of likely N-dealkylation sites (tertiary alicyclic amines) is 1. The summed E-state index contributed by atoms with van der Waals surface area (Å²) in [4.78, 5) is 25.6. The van der Waals surface area contributed by atoms with Gasteiger partial charge in [-0.1, -0.05) is 6.08 Å². The van der Waals surface area contributed by atoms with Crippen molar-refractivity contribution in [3.63, 3.8) is 0 Å². The van der Waals surface area contributed by atoms with Crippen molar-refractivity contribution < 1.29 is 14.3 Å². The van der Waals surface area contributed by atoms with Crippen LogP contribution >= 0.6 is 0 Å². The quantitative estimate of drug-likeness (QED) is 0.609. The summed E-state index contributed by atoms with van der Waals surface area (Å²) in [6, 6.07) is -0.354. The summed E-state index contributed by atoms with van der Waals surface area (Å²) in [6.45, 7) is 10.5. The first kappa shape index (κ1) is 15.7. The molecular weight excluding hydrogens is 244 g/mol. The first-order chi connectivity index (χ1) is 8.85. The van der Waals surface area contributed by atoms with Crippen LogP contribution in [0.15, 0.2) is 12.7 Å². The molecule has 1 aliphatic rings. The van der Waals surface area contributed by atoms with Gasteiger partial charge in [0.25, 0.3) is 0 Å². The van der Waals surface area contributed by atoms with Crippen LogP contribution in [0.1, 0.15) is 33.6 Å². The molecule has 5 nitrogen and oxygen atoms in total. The van der Waals surface area contributed by atoms with E-state index in [1.165, 1.54) is 0 Å². The molecule has 0 unspecified atom stereocenters. The Morgan fingerprint density at radius 2 is 2.16 bits per heavy atom. The average molecular weight is 268 g/mol. The molecule has 108 valence electrons. The van der Waals surface area contributed by atoms with Gasteiger partial charge in [-0.15, -0.1) is 6.58 Å². The lowest BCUT2D eigenvalue weighted by Gasteiger charge is -2.28. The highest BCUT2D eigenvalue weighted by atomic mass is 16.6. The third-order valence-corrected chi connectivity index (χ3v) is 2.84. The maximum atomic E-state index is 12.1. The van der Waals surface area contributed by atoms with Crippen LogP contribution in [-0.2, 0) is 9.53 Å². The predicted molar refractivity (Wildman–Crippen MR) is 74.0 cm³/mol. The Morgan fingerprint density at radius 1 is 1.47 bits per heavy atom. The summed E-state index contributed by atoms with van der Waals surface area (Å²) >= 11 is 0. The van der Waals surface area contributed by atoms with E-state index in [4.69, 9.17) is 4.74 Å². The molecule has 1 saturated heterocycles. The fourth-order valence-electron chi connectivity index (χ4n) is 2.06. The van der Waals surface area contributed by atoms with Crippen LogP contribution < -0.4 is 5.32 Å². The first-order valence-corrected chi connectivity index (χ1v) is 6.69. The molecule has 0 bridgehead atoms. The van der Waals surface area contributed by atoms with E-state index in [2.05, 4.69) is 11.9 Å². The minimum absolute atomic E-state index is 0.0326. The summed E-state index contributed by atoms with van der Waals surface area (Å²) in [5.41, 5.74) is -0.533. The molecule has 0 aliphatic carbocycles. The van der Waals surface area contributed by atoms with Crippen molar-refractivity contribution in [2.24, 2.45) is 0 Å². The number of ether oxygens (including phenoxy) is 1. The predicted octanol–water partition coefficient (Wildman–Crippen LogP) is 1.73. The number of carbonyl (C=O) groups excluding carboxylic acids is 2. The second-order valence-corrected chi connectivity index (χ2v) is 5.72. The highest BCUT2D eigenvalue weighted by molar-refractivity contribution is 5.89. The Kier molecular flexibility index (Phi) is 5.54. The van der Waals surface area contributed by atoms with Crippen molar-refractivity contribution in [2.75, 3.05) is 19.6 Å². The van der Waals surface area contributed by atoms with Gasteiger partial charge in [-0.2, -0.15) is 0 Å². The molecule has 1 N–H and O–H groups in total.